The number of ether oxygens (including phenoxy) is 1. The molecule has 0 spiro atoms. The quantitative estimate of drug-likeness (QED) is 0.325. The number of alkyl halides is 5. The highest BCUT2D eigenvalue weighted by Crippen LogP contribution is 2.70. The van der Waals surface area contributed by atoms with Crippen LogP contribution in [-0.4, -0.2) is 34.7 Å². The van der Waals surface area contributed by atoms with Crippen molar-refractivity contribution in [2.75, 3.05) is 5.32 Å². The Morgan fingerprint density at radius 2 is 1.69 bits per heavy atom. The Morgan fingerprint density at radius 3 is 2.36 bits per heavy atom. The number of halogens is 5. The van der Waals surface area contributed by atoms with Gasteiger partial charge in [-0.1, -0.05) is 54.5 Å². The molecule has 1 amide bonds. The highest BCUT2D eigenvalue weighted by molar-refractivity contribution is 5.93. The zero-order chi connectivity index (χ0) is 32.4. The standard InChI is InChI=1S/C35H36F5NO4/c1-20-3-10-24(11-4-20)41-31(43)45-19-21-5-7-22(8-6-21)28-18-32(2)29(15-16-33(32,44)34(36,37)35(38,39)40)27-13-9-23-17-25(42)12-14-26(23)30(27)28/h3-8,10-11,17,27-29,44H,9,12-16,18-19H2,1-2H3,(H,41,43)/t27-,28+,29?,32?,33-/m0/s1. The minimum Gasteiger partial charge on any atom is -0.444 e. The molecule has 2 saturated carbocycles. The molecule has 5 nitrogen and oxygen atoms in total. The summed E-state index contributed by atoms with van der Waals surface area (Å²) >= 11 is 0. The van der Waals surface area contributed by atoms with Crippen molar-refractivity contribution in [1.29, 1.82) is 0 Å². The molecule has 0 bridgehead atoms. The Bertz CT molecular complexity index is 1560. The van der Waals surface area contributed by atoms with E-state index in [1.807, 2.05) is 19.1 Å². The van der Waals surface area contributed by atoms with Crippen LogP contribution in [0.1, 0.15) is 74.5 Å². The van der Waals surface area contributed by atoms with Crippen LogP contribution in [0.25, 0.3) is 0 Å². The number of aliphatic hydroxyl groups is 1. The maximum Gasteiger partial charge on any atom is 0.456 e. The molecule has 0 aliphatic heterocycles. The molecular weight excluding hydrogens is 593 g/mol. The summed E-state index contributed by atoms with van der Waals surface area (Å²) in [4.78, 5) is 24.6. The number of hydrogen-bond acceptors (Lipinski definition) is 4. The molecule has 0 radical (unpaired) electrons. The molecule has 4 aliphatic rings. The molecule has 4 aliphatic carbocycles. The molecule has 5 atom stereocenters. The fourth-order valence-corrected chi connectivity index (χ4v) is 8.50. The van der Waals surface area contributed by atoms with Gasteiger partial charge in [0.2, 0.25) is 0 Å². The largest absolute Gasteiger partial charge is 0.456 e. The number of hydrogen-bond donors (Lipinski definition) is 2. The lowest BCUT2D eigenvalue weighted by molar-refractivity contribution is -0.362. The molecule has 240 valence electrons. The summed E-state index contributed by atoms with van der Waals surface area (Å²) in [5, 5.41) is 14.1. The second kappa shape index (κ2) is 11.1. The van der Waals surface area contributed by atoms with Crippen molar-refractivity contribution in [1.82, 2.24) is 0 Å². The molecule has 2 fully saturated rings. The van der Waals surface area contributed by atoms with Crippen molar-refractivity contribution in [2.45, 2.75) is 89.0 Å². The minimum absolute atomic E-state index is 0.0285. The maximum absolute atomic E-state index is 15.2. The number of fused-ring (bicyclic) bond motifs is 4. The van der Waals surface area contributed by atoms with Crippen LogP contribution in [0.5, 0.6) is 0 Å². The average Bonchev–Trinajstić information content (AvgIpc) is 3.27. The minimum atomic E-state index is -5.90. The summed E-state index contributed by atoms with van der Waals surface area (Å²) in [6, 6.07) is 14.3. The number of carbonyl (C=O) groups is 2. The van der Waals surface area contributed by atoms with E-state index in [1.165, 1.54) is 6.92 Å². The second-order valence-corrected chi connectivity index (χ2v) is 13.3. The summed E-state index contributed by atoms with van der Waals surface area (Å²) in [6.07, 6.45) is -3.67. The van der Waals surface area contributed by atoms with E-state index in [2.05, 4.69) is 5.32 Å². The second-order valence-electron chi connectivity index (χ2n) is 13.3. The number of ketones is 1. The van der Waals surface area contributed by atoms with Crippen molar-refractivity contribution >= 4 is 17.6 Å². The molecule has 0 aromatic heterocycles. The van der Waals surface area contributed by atoms with Crippen molar-refractivity contribution in [3.05, 3.63) is 88.0 Å². The van der Waals surface area contributed by atoms with Crippen LogP contribution in [0.4, 0.5) is 32.4 Å². The summed E-state index contributed by atoms with van der Waals surface area (Å²) in [7, 11) is 0. The summed E-state index contributed by atoms with van der Waals surface area (Å²) < 4.78 is 77.1. The number of benzene rings is 2. The third-order valence-corrected chi connectivity index (χ3v) is 10.8. The Hall–Kier alpha value is -3.53. The van der Waals surface area contributed by atoms with Gasteiger partial charge >= 0.3 is 18.2 Å². The molecule has 0 saturated heterocycles. The first kappa shape index (κ1) is 31.5. The van der Waals surface area contributed by atoms with Crippen molar-refractivity contribution < 1.29 is 41.4 Å². The van der Waals surface area contributed by atoms with E-state index in [1.54, 1.807) is 42.5 Å². The lowest BCUT2D eigenvalue weighted by Crippen LogP contribution is -2.65. The van der Waals surface area contributed by atoms with Crippen molar-refractivity contribution in [3.8, 4) is 0 Å². The topological polar surface area (TPSA) is 75.6 Å². The third kappa shape index (κ3) is 5.19. The van der Waals surface area contributed by atoms with Crippen LogP contribution in [0.2, 0.25) is 0 Å². The fourth-order valence-electron chi connectivity index (χ4n) is 8.50. The molecule has 6 rings (SSSR count). The van der Waals surface area contributed by atoms with E-state index in [-0.39, 0.29) is 31.1 Å². The molecular formula is C35H36F5NO4. The zero-order valence-electron chi connectivity index (χ0n) is 25.1. The highest BCUT2D eigenvalue weighted by atomic mass is 19.4. The van der Waals surface area contributed by atoms with Gasteiger partial charge in [-0.3, -0.25) is 10.1 Å². The van der Waals surface area contributed by atoms with E-state index in [0.29, 0.717) is 36.9 Å². The summed E-state index contributed by atoms with van der Waals surface area (Å²) in [5.74, 6) is -6.64. The predicted molar refractivity (Wildman–Crippen MR) is 158 cm³/mol. The van der Waals surface area contributed by atoms with Crippen LogP contribution in [-0.2, 0) is 16.1 Å². The highest BCUT2D eigenvalue weighted by Gasteiger charge is 2.79. The normalized spacial score (nSPS) is 29.8. The zero-order valence-corrected chi connectivity index (χ0v) is 25.1. The SMILES string of the molecule is Cc1ccc(NC(=O)OCc2ccc([C@H]3CC4(C)C(CC[C@@]4(O)C(F)(F)C(F)(F)F)[C@@H]4CCC5=CC(=O)CCC5=C43)cc2)cc1. The lowest BCUT2D eigenvalue weighted by atomic mass is 9.50. The summed E-state index contributed by atoms with van der Waals surface area (Å²) in [5.41, 5.74) is 0.981. The average molecular weight is 630 g/mol. The number of carbonyl (C=O) groups excluding carboxylic acids is 2. The molecule has 0 heterocycles. The van der Waals surface area contributed by atoms with Gasteiger partial charge in [-0.25, -0.2) is 4.79 Å². The Labute approximate surface area is 258 Å². The van der Waals surface area contributed by atoms with Gasteiger partial charge in [-0.05, 0) is 97.8 Å². The van der Waals surface area contributed by atoms with Crippen LogP contribution < -0.4 is 5.32 Å². The fraction of sp³-hybridized carbons (Fsp3) is 0.486. The smallest absolute Gasteiger partial charge is 0.444 e. The van der Waals surface area contributed by atoms with E-state index in [4.69, 9.17) is 4.74 Å². The molecule has 2 aromatic rings. The van der Waals surface area contributed by atoms with Crippen LogP contribution in [0, 0.1) is 24.2 Å². The lowest BCUT2D eigenvalue weighted by Gasteiger charge is -2.56. The molecule has 45 heavy (non-hydrogen) atoms. The van der Waals surface area contributed by atoms with E-state index < -0.39 is 47.5 Å². The van der Waals surface area contributed by atoms with Crippen LogP contribution in [0.3, 0.4) is 0 Å². The van der Waals surface area contributed by atoms with Gasteiger partial charge < -0.3 is 9.84 Å². The van der Waals surface area contributed by atoms with Gasteiger partial charge in [-0.2, -0.15) is 22.0 Å². The monoisotopic (exact) mass is 629 g/mol. The number of aryl methyl sites for hydroxylation is 1. The molecule has 2 aromatic carbocycles. The third-order valence-electron chi connectivity index (χ3n) is 10.8. The first-order valence-electron chi connectivity index (χ1n) is 15.4. The molecule has 2 N–H and O–H groups in total. The first-order chi connectivity index (χ1) is 21.1. The number of nitrogens with one attached hydrogen (secondary N) is 1. The predicted octanol–water partition coefficient (Wildman–Crippen LogP) is 8.57. The number of amides is 1. The van der Waals surface area contributed by atoms with E-state index >= 15 is 8.78 Å². The van der Waals surface area contributed by atoms with E-state index in [9.17, 15) is 27.9 Å². The van der Waals surface area contributed by atoms with Crippen LogP contribution >= 0.6 is 0 Å². The molecule has 2 unspecified atom stereocenters. The maximum atomic E-state index is 15.2. The van der Waals surface area contributed by atoms with E-state index in [0.717, 1.165) is 27.8 Å². The molecule has 10 heteroatoms. The van der Waals surface area contributed by atoms with Gasteiger partial charge in [0.05, 0.1) is 0 Å². The van der Waals surface area contributed by atoms with Gasteiger partial charge in [0.1, 0.15) is 12.2 Å². The Balaban J connectivity index is 1.31. The van der Waals surface area contributed by atoms with Gasteiger partial charge in [0, 0.05) is 23.4 Å². The number of anilines is 1. The number of rotatable bonds is 5. The first-order valence-corrected chi connectivity index (χ1v) is 15.4. The summed E-state index contributed by atoms with van der Waals surface area (Å²) in [6.45, 7) is 3.30. The Kier molecular flexibility index (Phi) is 7.74. The van der Waals surface area contributed by atoms with Gasteiger partial charge in [0.15, 0.2) is 5.78 Å². The van der Waals surface area contributed by atoms with Crippen LogP contribution in [0.15, 0.2) is 71.3 Å². The van der Waals surface area contributed by atoms with Crippen molar-refractivity contribution in [2.24, 2.45) is 17.3 Å². The number of allylic oxidation sites excluding steroid dienone is 4. The van der Waals surface area contributed by atoms with Crippen molar-refractivity contribution in [3.63, 3.8) is 0 Å². The van der Waals surface area contributed by atoms with Gasteiger partial charge in [-0.15, -0.1) is 0 Å². The van der Waals surface area contributed by atoms with Gasteiger partial charge in [0.25, 0.3) is 0 Å². The Morgan fingerprint density at radius 1 is 1.00 bits per heavy atom.